The maximum absolute atomic E-state index is 14.1. The fourth-order valence-corrected chi connectivity index (χ4v) is 4.81. The molecule has 0 fully saturated rings. The minimum atomic E-state index is -0.464. The third-order valence-corrected chi connectivity index (χ3v) is 7.19. The van der Waals surface area contributed by atoms with Crippen LogP contribution in [-0.2, 0) is 0 Å². The number of ether oxygens (including phenoxy) is 6. The maximum Gasteiger partial charge on any atom is 0.170 e. The normalized spacial score (nSPS) is 10.6. The quantitative estimate of drug-likeness (QED) is 0.129. The molecule has 7 aromatic carbocycles. The molecule has 0 aliphatic heterocycles. The Bertz CT molecular complexity index is 2050. The van der Waals surface area contributed by atoms with Gasteiger partial charge in [0, 0.05) is 6.07 Å². The van der Waals surface area contributed by atoms with Crippen LogP contribution in [0, 0.1) is 11.6 Å². The summed E-state index contributed by atoms with van der Waals surface area (Å²) in [5.74, 6) is 4.35. The first-order valence-corrected chi connectivity index (χ1v) is 15.6. The van der Waals surface area contributed by atoms with E-state index < -0.39 is 11.6 Å². The van der Waals surface area contributed by atoms with Crippen molar-refractivity contribution in [3.63, 3.8) is 0 Å². The van der Waals surface area contributed by atoms with E-state index in [0.717, 1.165) is 0 Å². The molecule has 0 amide bonds. The zero-order chi connectivity index (χ0) is 34.1. The summed E-state index contributed by atoms with van der Waals surface area (Å²) < 4.78 is 64.0. The topological polar surface area (TPSA) is 55.4 Å². The van der Waals surface area contributed by atoms with Gasteiger partial charge in [-0.2, -0.15) is 0 Å². The molecule has 50 heavy (non-hydrogen) atoms. The number of para-hydroxylation sites is 6. The van der Waals surface area contributed by atoms with Crippen molar-refractivity contribution in [1.82, 2.24) is 0 Å². The van der Waals surface area contributed by atoms with Gasteiger partial charge in [0.25, 0.3) is 0 Å². The second kappa shape index (κ2) is 15.0. The van der Waals surface area contributed by atoms with Crippen LogP contribution < -0.4 is 28.4 Å². The zero-order valence-electron chi connectivity index (χ0n) is 26.4. The van der Waals surface area contributed by atoms with Crippen LogP contribution in [-0.4, -0.2) is 0 Å². The van der Waals surface area contributed by atoms with Crippen LogP contribution >= 0.6 is 0 Å². The highest BCUT2D eigenvalue weighted by Gasteiger charge is 2.12. The molecule has 0 aromatic heterocycles. The largest absolute Gasteiger partial charge is 0.457 e. The van der Waals surface area contributed by atoms with Crippen molar-refractivity contribution in [1.29, 1.82) is 0 Å². The molecule has 0 aliphatic carbocycles. The Morgan fingerprint density at radius 1 is 0.240 bits per heavy atom. The highest BCUT2D eigenvalue weighted by molar-refractivity contribution is 5.48. The van der Waals surface area contributed by atoms with Crippen LogP contribution in [0.5, 0.6) is 69.0 Å². The van der Waals surface area contributed by atoms with Gasteiger partial charge in [0.15, 0.2) is 46.1 Å². The second-order valence-corrected chi connectivity index (χ2v) is 10.8. The lowest BCUT2D eigenvalue weighted by molar-refractivity contribution is 0.401. The van der Waals surface area contributed by atoms with E-state index in [9.17, 15) is 8.78 Å². The van der Waals surface area contributed by atoms with Gasteiger partial charge in [-0.3, -0.25) is 0 Å². The second-order valence-electron chi connectivity index (χ2n) is 10.8. The fourth-order valence-electron chi connectivity index (χ4n) is 4.81. The zero-order valence-corrected chi connectivity index (χ0v) is 26.4. The molecule has 0 saturated heterocycles. The lowest BCUT2D eigenvalue weighted by Crippen LogP contribution is -1.92. The monoisotopic (exact) mass is 666 g/mol. The molecule has 0 saturated carbocycles. The van der Waals surface area contributed by atoms with Crippen molar-refractivity contribution in [2.24, 2.45) is 0 Å². The summed E-state index contributed by atoms with van der Waals surface area (Å²) in [6.45, 7) is 0. The summed E-state index contributed by atoms with van der Waals surface area (Å²) in [6, 6.07) is 48.0. The standard InChI is InChI=1S/C42H28F2O6/c43-35-12-1-3-14-37(35)49-41-18-7-5-16-39(41)47-31-24-20-29(21-25-31)45-33-10-9-11-34(28-33)46-30-22-26-32(27-23-30)48-40-17-6-8-19-42(40)50-38-15-4-2-13-36(38)44/h1-28H. The first-order chi connectivity index (χ1) is 24.6. The number of halogens is 2. The Kier molecular flexibility index (Phi) is 9.51. The minimum Gasteiger partial charge on any atom is -0.457 e. The van der Waals surface area contributed by atoms with Gasteiger partial charge in [0.05, 0.1) is 0 Å². The Morgan fingerprint density at radius 2 is 0.540 bits per heavy atom. The van der Waals surface area contributed by atoms with Gasteiger partial charge in [0.1, 0.15) is 34.5 Å². The van der Waals surface area contributed by atoms with E-state index in [1.807, 2.05) is 30.3 Å². The predicted molar refractivity (Wildman–Crippen MR) is 185 cm³/mol. The van der Waals surface area contributed by atoms with Crippen LogP contribution in [0.1, 0.15) is 0 Å². The third-order valence-electron chi connectivity index (χ3n) is 7.19. The number of hydrogen-bond donors (Lipinski definition) is 0. The van der Waals surface area contributed by atoms with Crippen LogP contribution in [0.3, 0.4) is 0 Å². The van der Waals surface area contributed by atoms with Crippen LogP contribution in [0.2, 0.25) is 0 Å². The molecule has 7 aromatic rings. The van der Waals surface area contributed by atoms with Gasteiger partial charge in [-0.1, -0.05) is 54.6 Å². The van der Waals surface area contributed by atoms with Gasteiger partial charge in [-0.15, -0.1) is 0 Å². The summed E-state index contributed by atoms with van der Waals surface area (Å²) in [5, 5.41) is 0. The number of benzene rings is 7. The van der Waals surface area contributed by atoms with Gasteiger partial charge in [-0.05, 0) is 109 Å². The van der Waals surface area contributed by atoms with E-state index in [4.69, 9.17) is 28.4 Å². The molecule has 0 heterocycles. The molecular formula is C42H28F2O6. The minimum absolute atomic E-state index is 0.107. The predicted octanol–water partition coefficient (Wildman–Crippen LogP) is 12.7. The molecule has 0 aliphatic rings. The van der Waals surface area contributed by atoms with E-state index in [2.05, 4.69) is 0 Å². The van der Waals surface area contributed by atoms with Gasteiger partial charge in [0.2, 0.25) is 0 Å². The van der Waals surface area contributed by atoms with Crippen molar-refractivity contribution in [2.75, 3.05) is 0 Å². The van der Waals surface area contributed by atoms with Gasteiger partial charge >= 0.3 is 0 Å². The third kappa shape index (κ3) is 8.00. The van der Waals surface area contributed by atoms with E-state index in [1.54, 1.807) is 127 Å². The summed E-state index contributed by atoms with van der Waals surface area (Å²) in [5.41, 5.74) is 0. The smallest absolute Gasteiger partial charge is 0.170 e. The van der Waals surface area contributed by atoms with Crippen molar-refractivity contribution >= 4 is 0 Å². The molecule has 0 unspecified atom stereocenters. The van der Waals surface area contributed by atoms with Gasteiger partial charge in [-0.25, -0.2) is 8.78 Å². The number of hydrogen-bond acceptors (Lipinski definition) is 6. The first-order valence-electron chi connectivity index (χ1n) is 15.6. The summed E-state index contributed by atoms with van der Waals surface area (Å²) in [4.78, 5) is 0. The maximum atomic E-state index is 14.1. The molecule has 7 rings (SSSR count). The molecule has 0 spiro atoms. The Morgan fingerprint density at radius 3 is 0.900 bits per heavy atom. The van der Waals surface area contributed by atoms with Crippen molar-refractivity contribution in [3.8, 4) is 69.0 Å². The lowest BCUT2D eigenvalue weighted by Gasteiger charge is -2.13. The molecule has 246 valence electrons. The van der Waals surface area contributed by atoms with E-state index in [1.165, 1.54) is 12.1 Å². The van der Waals surface area contributed by atoms with Crippen molar-refractivity contribution in [3.05, 3.63) is 181 Å². The fraction of sp³-hybridized carbons (Fsp3) is 0. The number of rotatable bonds is 12. The molecule has 6 nitrogen and oxygen atoms in total. The van der Waals surface area contributed by atoms with E-state index in [0.29, 0.717) is 57.5 Å². The Balaban J connectivity index is 0.962. The van der Waals surface area contributed by atoms with E-state index in [-0.39, 0.29) is 11.5 Å². The van der Waals surface area contributed by atoms with Crippen molar-refractivity contribution in [2.45, 2.75) is 0 Å². The Labute approximate surface area is 287 Å². The molecule has 0 atom stereocenters. The summed E-state index contributed by atoms with van der Waals surface area (Å²) in [6.07, 6.45) is 0. The van der Waals surface area contributed by atoms with E-state index >= 15 is 0 Å². The Hall–Kier alpha value is -6.80. The summed E-state index contributed by atoms with van der Waals surface area (Å²) >= 11 is 0. The molecule has 8 heteroatoms. The molecular weight excluding hydrogens is 638 g/mol. The lowest BCUT2D eigenvalue weighted by atomic mass is 10.3. The molecule has 0 N–H and O–H groups in total. The van der Waals surface area contributed by atoms with Gasteiger partial charge < -0.3 is 28.4 Å². The van der Waals surface area contributed by atoms with Crippen LogP contribution in [0.15, 0.2) is 170 Å². The SMILES string of the molecule is Fc1ccccc1Oc1ccccc1Oc1ccc(Oc2cccc(Oc3ccc(Oc4ccccc4Oc4ccccc4F)cc3)c2)cc1. The highest BCUT2D eigenvalue weighted by Crippen LogP contribution is 2.38. The van der Waals surface area contributed by atoms with Crippen molar-refractivity contribution < 1.29 is 37.2 Å². The average molecular weight is 667 g/mol. The summed E-state index contributed by atoms with van der Waals surface area (Å²) in [7, 11) is 0. The molecule has 0 radical (unpaired) electrons. The molecule has 0 bridgehead atoms. The van der Waals surface area contributed by atoms with Crippen LogP contribution in [0.4, 0.5) is 8.78 Å². The van der Waals surface area contributed by atoms with Crippen LogP contribution in [0.25, 0.3) is 0 Å². The first kappa shape index (κ1) is 31.8. The average Bonchev–Trinajstić information content (AvgIpc) is 3.14. The highest BCUT2D eigenvalue weighted by atomic mass is 19.1.